The van der Waals surface area contributed by atoms with Crippen LogP contribution >= 0.6 is 11.6 Å². The average Bonchev–Trinajstić information content (AvgIpc) is 2.49. The van der Waals surface area contributed by atoms with Gasteiger partial charge in [0.2, 0.25) is 5.75 Å². The van der Waals surface area contributed by atoms with Gasteiger partial charge in [-0.3, -0.25) is 0 Å². The second-order valence-corrected chi connectivity index (χ2v) is 4.72. The van der Waals surface area contributed by atoms with Crippen LogP contribution in [0.1, 0.15) is 13.3 Å². The summed E-state index contributed by atoms with van der Waals surface area (Å²) in [5.41, 5.74) is 0.223. The molecule has 2 rings (SSSR count). The number of hydrogen-bond acceptors (Lipinski definition) is 5. The largest absolute Gasteiger partial charge is 0.490 e. The summed E-state index contributed by atoms with van der Waals surface area (Å²) in [5.74, 6) is 0.917. The molecular weight excluding hydrogens is 295 g/mol. The quantitative estimate of drug-likeness (QED) is 0.849. The fourth-order valence-electron chi connectivity index (χ4n) is 1.75. The van der Waals surface area contributed by atoms with Crippen molar-refractivity contribution in [1.82, 2.24) is 9.97 Å². The lowest BCUT2D eigenvalue weighted by molar-refractivity contribution is 0.415. The molecule has 1 aromatic carbocycles. The molecule has 2 N–H and O–H groups in total. The van der Waals surface area contributed by atoms with Crippen LogP contribution in [-0.2, 0) is 0 Å². The number of hydrogen-bond donors (Lipinski definition) is 2. The Hall–Kier alpha value is -2.08. The van der Waals surface area contributed by atoms with Gasteiger partial charge in [-0.05, 0) is 24.6 Å². The van der Waals surface area contributed by atoms with E-state index in [0.29, 0.717) is 22.4 Å². The molecule has 0 bridgehead atoms. The fraction of sp³-hybridized carbons (Fsp3) is 0.286. The van der Waals surface area contributed by atoms with Crippen LogP contribution in [0.4, 0.5) is 21.7 Å². The normalized spacial score (nSPS) is 10.3. The van der Waals surface area contributed by atoms with Crippen LogP contribution in [-0.4, -0.2) is 23.6 Å². The van der Waals surface area contributed by atoms with Gasteiger partial charge in [-0.25, -0.2) is 14.4 Å². The summed E-state index contributed by atoms with van der Waals surface area (Å²) in [4.78, 5) is 8.21. The van der Waals surface area contributed by atoms with Gasteiger partial charge in [0.25, 0.3) is 0 Å². The molecule has 0 aliphatic rings. The lowest BCUT2D eigenvalue weighted by Crippen LogP contribution is -2.07. The van der Waals surface area contributed by atoms with Gasteiger partial charge >= 0.3 is 0 Å². The molecule has 0 aliphatic heterocycles. The Morgan fingerprint density at radius 3 is 2.76 bits per heavy atom. The number of benzene rings is 1. The van der Waals surface area contributed by atoms with E-state index in [-0.39, 0.29) is 5.69 Å². The van der Waals surface area contributed by atoms with E-state index < -0.39 is 5.82 Å². The van der Waals surface area contributed by atoms with Crippen LogP contribution in [0.25, 0.3) is 0 Å². The van der Waals surface area contributed by atoms with Crippen LogP contribution in [0.3, 0.4) is 0 Å². The van der Waals surface area contributed by atoms with Crippen molar-refractivity contribution in [2.24, 2.45) is 0 Å². The monoisotopic (exact) mass is 310 g/mol. The smallest absolute Gasteiger partial charge is 0.204 e. The highest BCUT2D eigenvalue weighted by atomic mass is 35.5. The van der Waals surface area contributed by atoms with Crippen molar-refractivity contribution < 1.29 is 9.13 Å². The molecule has 1 heterocycles. The first-order valence-corrected chi connectivity index (χ1v) is 6.88. The van der Waals surface area contributed by atoms with Crippen LogP contribution in [0.2, 0.25) is 5.02 Å². The van der Waals surface area contributed by atoms with Crippen molar-refractivity contribution in [3.05, 3.63) is 35.4 Å². The molecule has 0 saturated carbocycles. The van der Waals surface area contributed by atoms with Gasteiger partial charge in [-0.15, -0.1) is 0 Å². The molecule has 5 nitrogen and oxygen atoms in total. The Bertz CT molecular complexity index is 624. The third-order valence-corrected chi connectivity index (χ3v) is 2.97. The predicted molar refractivity (Wildman–Crippen MR) is 82.1 cm³/mol. The molecule has 0 aliphatic carbocycles. The summed E-state index contributed by atoms with van der Waals surface area (Å²) in [6.07, 6.45) is 2.32. The molecule has 2 aromatic rings. The topological polar surface area (TPSA) is 59.1 Å². The van der Waals surface area contributed by atoms with Crippen molar-refractivity contribution in [1.29, 1.82) is 0 Å². The van der Waals surface area contributed by atoms with E-state index in [2.05, 4.69) is 20.6 Å². The maximum Gasteiger partial charge on any atom is 0.204 e. The number of halogens is 2. The molecule has 0 fully saturated rings. The maximum absolute atomic E-state index is 13.8. The molecule has 21 heavy (non-hydrogen) atoms. The third-order valence-electron chi connectivity index (χ3n) is 2.73. The first kappa shape index (κ1) is 15.3. The molecule has 0 saturated heterocycles. The summed E-state index contributed by atoms with van der Waals surface area (Å²) in [5, 5.41) is 6.43. The van der Waals surface area contributed by atoms with Gasteiger partial charge < -0.3 is 15.4 Å². The Labute approximate surface area is 127 Å². The molecule has 0 spiro atoms. The van der Waals surface area contributed by atoms with E-state index in [1.165, 1.54) is 31.6 Å². The number of nitrogens with one attached hydrogen (secondary N) is 2. The minimum absolute atomic E-state index is 0.223. The van der Waals surface area contributed by atoms with Crippen molar-refractivity contribution in [3.8, 4) is 5.75 Å². The third kappa shape index (κ3) is 3.72. The Morgan fingerprint density at radius 2 is 2.05 bits per heavy atom. The van der Waals surface area contributed by atoms with E-state index in [4.69, 9.17) is 16.3 Å². The number of nitrogens with zero attached hydrogens (tertiary/aromatic N) is 2. The predicted octanol–water partition coefficient (Wildman–Crippen LogP) is 3.84. The van der Waals surface area contributed by atoms with E-state index in [0.717, 1.165) is 13.0 Å². The van der Waals surface area contributed by atoms with Crippen LogP contribution in [0.15, 0.2) is 24.5 Å². The number of aromatic nitrogens is 2. The van der Waals surface area contributed by atoms with Crippen LogP contribution < -0.4 is 15.4 Å². The highest BCUT2D eigenvalue weighted by Crippen LogP contribution is 2.32. The second-order valence-electron chi connectivity index (χ2n) is 4.28. The van der Waals surface area contributed by atoms with E-state index >= 15 is 0 Å². The van der Waals surface area contributed by atoms with Crippen molar-refractivity contribution in [3.63, 3.8) is 0 Å². The molecular formula is C14H16ClFN4O. The molecule has 7 heteroatoms. The lowest BCUT2D eigenvalue weighted by Gasteiger charge is -2.14. The summed E-state index contributed by atoms with van der Waals surface area (Å²) < 4.78 is 19.1. The zero-order valence-electron chi connectivity index (χ0n) is 11.8. The molecule has 0 radical (unpaired) electrons. The van der Waals surface area contributed by atoms with Crippen LogP contribution in [0.5, 0.6) is 5.75 Å². The summed E-state index contributed by atoms with van der Waals surface area (Å²) >= 11 is 5.87. The zero-order valence-corrected chi connectivity index (χ0v) is 12.5. The van der Waals surface area contributed by atoms with Gasteiger partial charge in [0.05, 0.1) is 12.8 Å². The minimum atomic E-state index is -0.428. The molecule has 1 aromatic heterocycles. The highest BCUT2D eigenvalue weighted by Gasteiger charge is 2.13. The molecule has 0 unspecified atom stereocenters. The van der Waals surface area contributed by atoms with Crippen LogP contribution in [0, 0.1) is 5.82 Å². The number of anilines is 3. The summed E-state index contributed by atoms with van der Waals surface area (Å²) in [6, 6.07) is 4.25. The molecule has 0 atom stereocenters. The minimum Gasteiger partial charge on any atom is -0.490 e. The SMILES string of the molecule is CCCNc1ncnc(Nc2cc(Cl)ccc2F)c1OC. The van der Waals surface area contributed by atoms with E-state index in [1.54, 1.807) is 0 Å². The standard InChI is InChI=1S/C14H16ClFN4O/c1-3-6-17-13-12(21-2)14(19-8-18-13)20-11-7-9(15)4-5-10(11)16/h4-5,7-8H,3,6H2,1-2H3,(H2,17,18,19,20). The lowest BCUT2D eigenvalue weighted by atomic mass is 10.3. The fourth-order valence-corrected chi connectivity index (χ4v) is 1.92. The van der Waals surface area contributed by atoms with Gasteiger partial charge in [-0.2, -0.15) is 0 Å². The van der Waals surface area contributed by atoms with Gasteiger partial charge in [-0.1, -0.05) is 18.5 Å². The number of rotatable bonds is 6. The Balaban J connectivity index is 2.33. The van der Waals surface area contributed by atoms with Crippen molar-refractivity contribution in [2.45, 2.75) is 13.3 Å². The summed E-state index contributed by atoms with van der Waals surface area (Å²) in [7, 11) is 1.51. The average molecular weight is 311 g/mol. The van der Waals surface area contributed by atoms with Gasteiger partial charge in [0, 0.05) is 11.6 Å². The summed E-state index contributed by atoms with van der Waals surface area (Å²) in [6.45, 7) is 2.79. The van der Waals surface area contributed by atoms with E-state index in [9.17, 15) is 4.39 Å². The van der Waals surface area contributed by atoms with Gasteiger partial charge in [0.1, 0.15) is 12.1 Å². The zero-order chi connectivity index (χ0) is 15.2. The number of ether oxygens (including phenoxy) is 1. The van der Waals surface area contributed by atoms with Crippen molar-refractivity contribution >= 4 is 28.9 Å². The first-order valence-electron chi connectivity index (χ1n) is 6.50. The first-order chi connectivity index (χ1) is 10.2. The van der Waals surface area contributed by atoms with Gasteiger partial charge in [0.15, 0.2) is 11.6 Å². The maximum atomic E-state index is 13.8. The molecule has 112 valence electrons. The Kier molecular flexibility index (Phi) is 5.16. The molecule has 0 amide bonds. The highest BCUT2D eigenvalue weighted by molar-refractivity contribution is 6.30. The Morgan fingerprint density at radius 1 is 1.29 bits per heavy atom. The van der Waals surface area contributed by atoms with Crippen molar-refractivity contribution in [2.75, 3.05) is 24.3 Å². The van der Waals surface area contributed by atoms with E-state index in [1.807, 2.05) is 6.92 Å². The number of methoxy groups -OCH3 is 1. The second kappa shape index (κ2) is 7.08.